The molecule has 0 aliphatic heterocycles. The molecule has 0 radical (unpaired) electrons. The van der Waals surface area contributed by atoms with E-state index in [4.69, 9.17) is 0 Å². The fourth-order valence-electron chi connectivity index (χ4n) is 5.97. The number of nitrogens with one attached hydrogen (secondary N) is 1. The number of carbonyl (C=O) groups excluding carboxylic acids is 1. The Labute approximate surface area is 281 Å². The molecule has 0 bridgehead atoms. The number of pyridine rings is 1. The number of hydrogen-bond acceptors (Lipinski definition) is 4. The first-order chi connectivity index (χ1) is 22.7. The maximum Gasteiger partial charge on any atom is 0.416 e. The second-order valence-corrected chi connectivity index (χ2v) is 13.0. The van der Waals surface area contributed by atoms with E-state index >= 15 is 4.39 Å². The minimum atomic E-state index is -4.82. The highest BCUT2D eigenvalue weighted by Crippen LogP contribution is 2.35. The van der Waals surface area contributed by atoms with Gasteiger partial charge in [0.2, 0.25) is 5.91 Å². The summed E-state index contributed by atoms with van der Waals surface area (Å²) in [4.78, 5) is 40.8. The Kier molecular flexibility index (Phi) is 12.7. The zero-order valence-corrected chi connectivity index (χ0v) is 28.4. The Morgan fingerprint density at radius 1 is 1.00 bits per heavy atom. The standard InChI is InChI=1S/C36H41F6N3O4/c1-19(2)10-29(45-18-24(8-9-44(6)7)27(16-31(45)46)36(40,41)42)35(49)43-28(17-32(47)48)26-15-25(13-22(5)34(26)39)33-20(3)11-23(12-21(33)4)14-30(37)38/h11-16,18-19,28-29H,8-10,17H2,1-7H3,(H,43,49)(H,47,48)/t28-,29+/m1/s1. The predicted octanol–water partition coefficient (Wildman–Crippen LogP) is 7.86. The number of carboxylic acid groups (broad SMARTS) is 1. The highest BCUT2D eigenvalue weighted by atomic mass is 19.4. The van der Waals surface area contributed by atoms with Gasteiger partial charge in [0.05, 0.1) is 18.0 Å². The first kappa shape index (κ1) is 39.1. The van der Waals surface area contributed by atoms with Crippen molar-refractivity contribution in [1.82, 2.24) is 14.8 Å². The van der Waals surface area contributed by atoms with Gasteiger partial charge in [0, 0.05) is 30.4 Å². The number of alkyl halides is 3. The van der Waals surface area contributed by atoms with E-state index in [0.29, 0.717) is 34.4 Å². The number of carbonyl (C=O) groups is 2. The van der Waals surface area contributed by atoms with Crippen molar-refractivity contribution in [2.45, 2.75) is 72.1 Å². The van der Waals surface area contributed by atoms with Gasteiger partial charge in [0.1, 0.15) is 11.9 Å². The van der Waals surface area contributed by atoms with Gasteiger partial charge in [-0.1, -0.05) is 26.0 Å². The summed E-state index contributed by atoms with van der Waals surface area (Å²) in [5.74, 6) is -3.27. The lowest BCUT2D eigenvalue weighted by Crippen LogP contribution is -2.41. The summed E-state index contributed by atoms with van der Waals surface area (Å²) in [5.41, 5.74) is 0.0662. The molecular formula is C36H41F6N3O4. The summed E-state index contributed by atoms with van der Waals surface area (Å²) < 4.78 is 84.3. The summed E-state index contributed by atoms with van der Waals surface area (Å²) in [6, 6.07) is 3.64. The number of likely N-dealkylation sites (N-methyl/N-ethyl adjacent to an activating group) is 1. The zero-order valence-electron chi connectivity index (χ0n) is 28.4. The molecule has 1 aromatic heterocycles. The van der Waals surface area contributed by atoms with E-state index in [0.717, 1.165) is 10.8 Å². The first-order valence-electron chi connectivity index (χ1n) is 15.6. The summed E-state index contributed by atoms with van der Waals surface area (Å²) >= 11 is 0. The van der Waals surface area contributed by atoms with Crippen LogP contribution in [-0.2, 0) is 22.2 Å². The zero-order chi connectivity index (χ0) is 37.0. The van der Waals surface area contributed by atoms with Crippen LogP contribution in [0, 0.1) is 32.5 Å². The number of amides is 1. The SMILES string of the molecule is Cc1cc(-c2c(C)cc(C=C(F)F)cc2C)cc([C@@H](CC(=O)O)NC(=O)[C@H](CC(C)C)n2cc(CCN(C)C)c(C(F)(F)F)cc2=O)c1F. The third kappa shape index (κ3) is 10.1. The third-order valence-electron chi connectivity index (χ3n) is 8.10. The van der Waals surface area contributed by atoms with Gasteiger partial charge in [-0.25, -0.2) is 4.39 Å². The van der Waals surface area contributed by atoms with E-state index in [1.54, 1.807) is 46.7 Å². The molecule has 1 heterocycles. The van der Waals surface area contributed by atoms with Crippen LogP contribution in [0.1, 0.15) is 77.7 Å². The molecule has 13 heteroatoms. The summed E-state index contributed by atoms with van der Waals surface area (Å²) in [6.45, 7) is 8.56. The molecule has 2 N–H and O–H groups in total. The molecule has 2 aromatic carbocycles. The second kappa shape index (κ2) is 15.9. The molecule has 266 valence electrons. The van der Waals surface area contributed by atoms with E-state index in [1.165, 1.54) is 31.2 Å². The van der Waals surface area contributed by atoms with Crippen LogP contribution in [-0.4, -0.2) is 47.1 Å². The predicted molar refractivity (Wildman–Crippen MR) is 176 cm³/mol. The Morgan fingerprint density at radius 2 is 1.61 bits per heavy atom. The average Bonchev–Trinajstić information content (AvgIpc) is 2.95. The van der Waals surface area contributed by atoms with Crippen molar-refractivity contribution in [3.63, 3.8) is 0 Å². The highest BCUT2D eigenvalue weighted by molar-refractivity contribution is 5.82. The van der Waals surface area contributed by atoms with Crippen molar-refractivity contribution in [3.8, 4) is 11.1 Å². The summed E-state index contributed by atoms with van der Waals surface area (Å²) in [6.07, 6.45) is -5.78. The van der Waals surface area contributed by atoms with Crippen LogP contribution in [0.5, 0.6) is 0 Å². The topological polar surface area (TPSA) is 91.6 Å². The molecule has 49 heavy (non-hydrogen) atoms. The Bertz CT molecular complexity index is 1770. The molecule has 3 rings (SSSR count). The molecule has 0 aliphatic carbocycles. The molecule has 3 aromatic rings. The van der Waals surface area contributed by atoms with Crippen molar-refractivity contribution >= 4 is 18.0 Å². The lowest BCUT2D eigenvalue weighted by Gasteiger charge is -2.27. The van der Waals surface area contributed by atoms with Crippen LogP contribution in [0.3, 0.4) is 0 Å². The largest absolute Gasteiger partial charge is 0.481 e. The van der Waals surface area contributed by atoms with Crippen molar-refractivity contribution in [3.05, 3.63) is 97.7 Å². The lowest BCUT2D eigenvalue weighted by atomic mass is 9.89. The summed E-state index contributed by atoms with van der Waals surface area (Å²) in [7, 11) is 3.36. The maximum atomic E-state index is 15.8. The van der Waals surface area contributed by atoms with Gasteiger partial charge in [-0.3, -0.25) is 14.4 Å². The van der Waals surface area contributed by atoms with Gasteiger partial charge in [0.25, 0.3) is 11.6 Å². The van der Waals surface area contributed by atoms with E-state index in [9.17, 15) is 41.4 Å². The number of carboxylic acids is 1. The Balaban J connectivity index is 2.16. The minimum absolute atomic E-state index is 0.00419. The first-order valence-corrected chi connectivity index (χ1v) is 15.6. The van der Waals surface area contributed by atoms with Crippen LogP contribution in [0.2, 0.25) is 0 Å². The molecule has 0 aliphatic rings. The van der Waals surface area contributed by atoms with Gasteiger partial charge >= 0.3 is 12.1 Å². The number of aliphatic carboxylic acids is 1. The number of nitrogens with zero attached hydrogens (tertiary/aromatic N) is 2. The molecular weight excluding hydrogens is 652 g/mol. The van der Waals surface area contributed by atoms with E-state index in [-0.39, 0.29) is 47.6 Å². The van der Waals surface area contributed by atoms with E-state index in [2.05, 4.69) is 5.32 Å². The number of hydrogen-bond donors (Lipinski definition) is 2. The van der Waals surface area contributed by atoms with Crippen LogP contribution >= 0.6 is 0 Å². The number of benzene rings is 2. The maximum absolute atomic E-state index is 15.8. The van der Waals surface area contributed by atoms with Crippen LogP contribution in [0.4, 0.5) is 26.3 Å². The van der Waals surface area contributed by atoms with Crippen molar-refractivity contribution in [2.75, 3.05) is 20.6 Å². The quantitative estimate of drug-likeness (QED) is 0.178. The van der Waals surface area contributed by atoms with Crippen molar-refractivity contribution in [2.24, 2.45) is 5.92 Å². The Hall–Kier alpha value is -4.39. The van der Waals surface area contributed by atoms with Crippen LogP contribution in [0.15, 0.2) is 47.4 Å². The van der Waals surface area contributed by atoms with E-state index < -0.39 is 59.6 Å². The van der Waals surface area contributed by atoms with Gasteiger partial charge in [-0.05, 0) is 105 Å². The minimum Gasteiger partial charge on any atom is -0.481 e. The molecule has 7 nitrogen and oxygen atoms in total. The lowest BCUT2D eigenvalue weighted by molar-refractivity contribution is -0.139. The number of rotatable bonds is 13. The molecule has 0 saturated heterocycles. The third-order valence-corrected chi connectivity index (χ3v) is 8.10. The molecule has 1 amide bonds. The van der Waals surface area contributed by atoms with Gasteiger partial charge < -0.3 is 19.9 Å². The fourth-order valence-corrected chi connectivity index (χ4v) is 5.97. The number of aromatic nitrogens is 1. The monoisotopic (exact) mass is 693 g/mol. The van der Waals surface area contributed by atoms with Crippen LogP contribution < -0.4 is 10.9 Å². The normalized spacial score (nSPS) is 13.0. The average molecular weight is 694 g/mol. The number of aryl methyl sites for hydroxylation is 3. The second-order valence-electron chi connectivity index (χ2n) is 13.0. The fraction of sp³-hybridized carbons (Fsp3) is 0.417. The molecule has 0 saturated carbocycles. The molecule has 0 spiro atoms. The van der Waals surface area contributed by atoms with Crippen molar-refractivity contribution < 1.29 is 41.0 Å². The van der Waals surface area contributed by atoms with E-state index in [1.807, 2.05) is 0 Å². The number of halogens is 6. The van der Waals surface area contributed by atoms with Crippen LogP contribution in [0.25, 0.3) is 17.2 Å². The van der Waals surface area contributed by atoms with Gasteiger partial charge in [-0.2, -0.15) is 22.0 Å². The Morgan fingerprint density at radius 3 is 2.12 bits per heavy atom. The summed E-state index contributed by atoms with van der Waals surface area (Å²) in [5, 5.41) is 12.4. The van der Waals surface area contributed by atoms with Crippen molar-refractivity contribution in [1.29, 1.82) is 0 Å². The molecule has 0 unspecified atom stereocenters. The van der Waals surface area contributed by atoms with Gasteiger partial charge in [0.15, 0.2) is 0 Å². The molecule has 0 fully saturated rings. The highest BCUT2D eigenvalue weighted by Gasteiger charge is 2.36. The molecule has 2 atom stereocenters. The van der Waals surface area contributed by atoms with Gasteiger partial charge in [-0.15, -0.1) is 0 Å². The smallest absolute Gasteiger partial charge is 0.416 e.